The summed E-state index contributed by atoms with van der Waals surface area (Å²) in [6.45, 7) is 11.2. The molecule has 1 aromatic rings. The van der Waals surface area contributed by atoms with Crippen LogP contribution in [-0.2, 0) is 0 Å². The van der Waals surface area contributed by atoms with Crippen molar-refractivity contribution >= 4 is 11.5 Å². The van der Waals surface area contributed by atoms with Crippen molar-refractivity contribution < 1.29 is 4.92 Å². The lowest BCUT2D eigenvalue weighted by molar-refractivity contribution is -0.385. The molecule has 0 spiro atoms. The number of nitrogens with zero attached hydrogens (tertiary/aromatic N) is 2. The van der Waals surface area contributed by atoms with Gasteiger partial charge in [-0.3, -0.25) is 10.1 Å². The maximum Gasteiger partial charge on any atom is 0.290 e. The molecular formula is C13H21N3O2. The van der Waals surface area contributed by atoms with Crippen molar-refractivity contribution in [2.75, 3.05) is 11.9 Å². The van der Waals surface area contributed by atoms with Crippen LogP contribution in [0.2, 0.25) is 0 Å². The van der Waals surface area contributed by atoms with E-state index in [2.05, 4.69) is 38.0 Å². The van der Waals surface area contributed by atoms with E-state index in [1.54, 1.807) is 13.0 Å². The van der Waals surface area contributed by atoms with Crippen LogP contribution in [0.15, 0.2) is 12.3 Å². The Morgan fingerprint density at radius 3 is 2.56 bits per heavy atom. The minimum absolute atomic E-state index is 0.0590. The van der Waals surface area contributed by atoms with Crippen molar-refractivity contribution in [3.63, 3.8) is 0 Å². The third kappa shape index (κ3) is 3.42. The number of aromatic nitrogens is 1. The molecule has 1 N–H and O–H groups in total. The van der Waals surface area contributed by atoms with E-state index >= 15 is 0 Å². The van der Waals surface area contributed by atoms with Gasteiger partial charge in [0.2, 0.25) is 0 Å². The number of pyridine rings is 1. The average molecular weight is 251 g/mol. The van der Waals surface area contributed by atoms with Crippen LogP contribution >= 0.6 is 0 Å². The van der Waals surface area contributed by atoms with Gasteiger partial charge in [0.1, 0.15) is 12.0 Å². The lowest BCUT2D eigenvalue weighted by atomic mass is 9.81. The summed E-state index contributed by atoms with van der Waals surface area (Å²) in [5.74, 6) is 1.23. The Morgan fingerprint density at radius 2 is 2.11 bits per heavy atom. The third-order valence-electron chi connectivity index (χ3n) is 3.57. The van der Waals surface area contributed by atoms with Crippen LogP contribution in [0, 0.1) is 28.4 Å². The summed E-state index contributed by atoms with van der Waals surface area (Å²) in [7, 11) is 0. The fraction of sp³-hybridized carbons (Fsp3) is 0.615. The molecule has 0 saturated carbocycles. The summed E-state index contributed by atoms with van der Waals surface area (Å²) in [6, 6.07) is 1.72. The molecule has 0 aliphatic heterocycles. The number of hydrogen-bond donors (Lipinski definition) is 1. The van der Waals surface area contributed by atoms with E-state index < -0.39 is 4.92 Å². The maximum absolute atomic E-state index is 10.7. The standard InChI is InChI=1S/C13H21N3O2/c1-9(2)13(4,5)8-15-12-6-10(3)11(7-14-12)16(17)18/h6-7,9H,8H2,1-5H3,(H,14,15). The van der Waals surface area contributed by atoms with Gasteiger partial charge >= 0.3 is 0 Å². The molecule has 0 atom stereocenters. The number of hydrogen-bond acceptors (Lipinski definition) is 4. The maximum atomic E-state index is 10.7. The van der Waals surface area contributed by atoms with E-state index in [9.17, 15) is 10.1 Å². The Morgan fingerprint density at radius 1 is 1.50 bits per heavy atom. The van der Waals surface area contributed by atoms with Crippen LogP contribution in [0.3, 0.4) is 0 Å². The Bertz CT molecular complexity index is 442. The van der Waals surface area contributed by atoms with E-state index in [1.807, 2.05) is 0 Å². The van der Waals surface area contributed by atoms with Gasteiger partial charge in [-0.05, 0) is 24.3 Å². The minimum atomic E-state index is -0.413. The summed E-state index contributed by atoms with van der Waals surface area (Å²) >= 11 is 0. The van der Waals surface area contributed by atoms with Gasteiger partial charge in [0.15, 0.2) is 0 Å². The van der Waals surface area contributed by atoms with Crippen molar-refractivity contribution in [1.82, 2.24) is 4.98 Å². The molecule has 1 heterocycles. The lowest BCUT2D eigenvalue weighted by Gasteiger charge is -2.29. The highest BCUT2D eigenvalue weighted by Crippen LogP contribution is 2.26. The highest BCUT2D eigenvalue weighted by Gasteiger charge is 2.22. The number of nitro groups is 1. The van der Waals surface area contributed by atoms with Gasteiger partial charge in [0.25, 0.3) is 5.69 Å². The molecule has 0 unspecified atom stereocenters. The van der Waals surface area contributed by atoms with Crippen molar-refractivity contribution in [3.05, 3.63) is 27.9 Å². The Balaban J connectivity index is 2.76. The average Bonchev–Trinajstić information content (AvgIpc) is 2.25. The number of rotatable bonds is 5. The number of aryl methyl sites for hydroxylation is 1. The smallest absolute Gasteiger partial charge is 0.290 e. The Kier molecular flexibility index (Phi) is 4.27. The van der Waals surface area contributed by atoms with Crippen molar-refractivity contribution in [3.8, 4) is 0 Å². The summed E-state index contributed by atoms with van der Waals surface area (Å²) in [4.78, 5) is 14.3. The van der Waals surface area contributed by atoms with Crippen LogP contribution < -0.4 is 5.32 Å². The molecule has 1 rings (SSSR count). The van der Waals surface area contributed by atoms with Gasteiger partial charge in [-0.15, -0.1) is 0 Å². The van der Waals surface area contributed by atoms with Gasteiger partial charge in [-0.25, -0.2) is 4.98 Å². The predicted molar refractivity (Wildman–Crippen MR) is 72.7 cm³/mol. The SMILES string of the molecule is Cc1cc(NCC(C)(C)C(C)C)ncc1[N+](=O)[O-]. The Labute approximate surface area is 108 Å². The second-order valence-corrected chi connectivity index (χ2v) is 5.61. The zero-order valence-corrected chi connectivity index (χ0v) is 11.7. The van der Waals surface area contributed by atoms with Crippen LogP contribution in [0.1, 0.15) is 33.3 Å². The van der Waals surface area contributed by atoms with Crippen molar-refractivity contribution in [1.29, 1.82) is 0 Å². The molecule has 0 bridgehead atoms. The highest BCUT2D eigenvalue weighted by atomic mass is 16.6. The molecule has 0 aliphatic rings. The van der Waals surface area contributed by atoms with E-state index in [4.69, 9.17) is 0 Å². The molecule has 1 aromatic heterocycles. The summed E-state index contributed by atoms with van der Waals surface area (Å²) in [6.07, 6.45) is 1.31. The van der Waals surface area contributed by atoms with Gasteiger partial charge in [0.05, 0.1) is 4.92 Å². The van der Waals surface area contributed by atoms with E-state index in [-0.39, 0.29) is 11.1 Å². The highest BCUT2D eigenvalue weighted by molar-refractivity contribution is 5.46. The first-order valence-corrected chi connectivity index (χ1v) is 6.09. The molecule has 0 aliphatic carbocycles. The molecule has 100 valence electrons. The molecule has 0 amide bonds. The summed E-state index contributed by atoms with van der Waals surface area (Å²) < 4.78 is 0. The topological polar surface area (TPSA) is 68.1 Å². The fourth-order valence-electron chi connectivity index (χ4n) is 1.36. The van der Waals surface area contributed by atoms with Gasteiger partial charge in [-0.1, -0.05) is 27.7 Å². The lowest BCUT2D eigenvalue weighted by Crippen LogP contribution is -2.28. The third-order valence-corrected chi connectivity index (χ3v) is 3.57. The molecular weight excluding hydrogens is 230 g/mol. The second-order valence-electron chi connectivity index (χ2n) is 5.61. The Hall–Kier alpha value is -1.65. The molecule has 5 heteroatoms. The number of nitrogens with one attached hydrogen (secondary N) is 1. The summed E-state index contributed by atoms with van der Waals surface area (Å²) in [5, 5.41) is 13.9. The van der Waals surface area contributed by atoms with Gasteiger partial charge in [-0.2, -0.15) is 0 Å². The zero-order valence-electron chi connectivity index (χ0n) is 11.7. The molecule has 0 aromatic carbocycles. The van der Waals surface area contributed by atoms with E-state index in [0.29, 0.717) is 17.3 Å². The first-order chi connectivity index (χ1) is 8.24. The second kappa shape index (κ2) is 5.33. The molecule has 0 radical (unpaired) electrons. The zero-order chi connectivity index (χ0) is 13.9. The monoisotopic (exact) mass is 251 g/mol. The fourth-order valence-corrected chi connectivity index (χ4v) is 1.36. The van der Waals surface area contributed by atoms with Crippen LogP contribution in [0.5, 0.6) is 0 Å². The van der Waals surface area contributed by atoms with Gasteiger partial charge < -0.3 is 5.32 Å². The number of anilines is 1. The van der Waals surface area contributed by atoms with Crippen molar-refractivity contribution in [2.45, 2.75) is 34.6 Å². The minimum Gasteiger partial charge on any atom is -0.370 e. The van der Waals surface area contributed by atoms with E-state index in [1.165, 1.54) is 6.20 Å². The molecule has 18 heavy (non-hydrogen) atoms. The normalized spacial score (nSPS) is 11.7. The van der Waals surface area contributed by atoms with Gasteiger partial charge in [0, 0.05) is 12.1 Å². The van der Waals surface area contributed by atoms with Crippen LogP contribution in [0.25, 0.3) is 0 Å². The van der Waals surface area contributed by atoms with Crippen molar-refractivity contribution in [2.24, 2.45) is 11.3 Å². The van der Waals surface area contributed by atoms with Crippen LogP contribution in [-0.4, -0.2) is 16.5 Å². The quantitative estimate of drug-likeness (QED) is 0.643. The molecule has 0 saturated heterocycles. The molecule has 0 fully saturated rings. The first-order valence-electron chi connectivity index (χ1n) is 6.09. The summed E-state index contributed by atoms with van der Waals surface area (Å²) in [5.41, 5.74) is 0.834. The van der Waals surface area contributed by atoms with Crippen LogP contribution in [0.4, 0.5) is 11.5 Å². The first kappa shape index (κ1) is 14.4. The molecule has 5 nitrogen and oxygen atoms in total. The van der Waals surface area contributed by atoms with E-state index in [0.717, 1.165) is 6.54 Å². The predicted octanol–water partition coefficient (Wildman–Crippen LogP) is 3.39. The largest absolute Gasteiger partial charge is 0.370 e.